The number of nitrogens with one attached hydrogen (secondary N) is 1. The normalized spacial score (nSPS) is 16.8. The lowest BCUT2D eigenvalue weighted by atomic mass is 9.95. The lowest BCUT2D eigenvalue weighted by Crippen LogP contribution is -2.38. The van der Waals surface area contributed by atoms with Crippen molar-refractivity contribution in [3.63, 3.8) is 0 Å². The first-order valence-corrected chi connectivity index (χ1v) is 12.4. The molecule has 0 saturated carbocycles. The summed E-state index contributed by atoms with van der Waals surface area (Å²) in [4.78, 5) is 16.7. The van der Waals surface area contributed by atoms with Gasteiger partial charge in [-0.25, -0.2) is 18.0 Å². The first-order chi connectivity index (χ1) is 17.0. The average molecular weight is 494 g/mol. The van der Waals surface area contributed by atoms with Crippen LogP contribution in [0.1, 0.15) is 46.1 Å². The van der Waals surface area contributed by atoms with Gasteiger partial charge < -0.3 is 14.8 Å². The third kappa shape index (κ3) is 3.91. The molecule has 4 aromatic rings. The van der Waals surface area contributed by atoms with Crippen molar-refractivity contribution in [1.82, 2.24) is 9.47 Å². The largest absolute Gasteiger partial charge is 0.322 e. The second-order valence-corrected chi connectivity index (χ2v) is 10.1. The Labute approximate surface area is 204 Å². The molecular weight excluding hydrogens is 471 g/mol. The predicted octanol–water partition coefficient (Wildman–Crippen LogP) is 6.97. The van der Waals surface area contributed by atoms with Crippen molar-refractivity contribution < 1.29 is 18.0 Å². The SMILES string of the molecule is O=C(Nc1ccc(F)cc1)N1Cc2c(sc3c2CCCC3)-n2cccc2[C@@H]1c1cc(F)cc(F)c1. The van der Waals surface area contributed by atoms with Gasteiger partial charge in [-0.05, 0) is 85.3 Å². The number of carbonyl (C=O) groups excluding carboxylic acids is 1. The summed E-state index contributed by atoms with van der Waals surface area (Å²) in [6.07, 6.45) is 6.15. The number of amides is 2. The summed E-state index contributed by atoms with van der Waals surface area (Å²) in [5.74, 6) is -1.81. The summed E-state index contributed by atoms with van der Waals surface area (Å²) in [6.45, 7) is 0.290. The number of benzene rings is 2. The molecule has 2 amide bonds. The van der Waals surface area contributed by atoms with Gasteiger partial charge in [0.1, 0.15) is 28.5 Å². The highest BCUT2D eigenvalue weighted by Crippen LogP contribution is 2.44. The zero-order valence-electron chi connectivity index (χ0n) is 18.7. The number of hydrogen-bond acceptors (Lipinski definition) is 2. The molecule has 1 atom stereocenters. The maximum absolute atomic E-state index is 14.3. The Hall–Kier alpha value is -3.52. The van der Waals surface area contributed by atoms with Crippen molar-refractivity contribution in [2.75, 3.05) is 5.32 Å². The fourth-order valence-electron chi connectivity index (χ4n) is 5.20. The van der Waals surface area contributed by atoms with E-state index >= 15 is 0 Å². The van der Waals surface area contributed by atoms with E-state index in [1.54, 1.807) is 16.2 Å². The Morgan fingerprint density at radius 1 is 0.914 bits per heavy atom. The summed E-state index contributed by atoms with van der Waals surface area (Å²) < 4.78 is 44.1. The Bertz CT molecular complexity index is 1410. The van der Waals surface area contributed by atoms with Crippen LogP contribution in [0, 0.1) is 17.5 Å². The molecule has 3 heterocycles. The van der Waals surface area contributed by atoms with Crippen molar-refractivity contribution in [3.8, 4) is 5.00 Å². The number of urea groups is 1. The summed E-state index contributed by atoms with van der Waals surface area (Å²) in [5.41, 5.74) is 3.90. The molecule has 2 aliphatic rings. The van der Waals surface area contributed by atoms with E-state index in [1.807, 2.05) is 18.3 Å². The average Bonchev–Trinajstić information content (AvgIpc) is 3.41. The Balaban J connectivity index is 1.51. The van der Waals surface area contributed by atoms with Gasteiger partial charge in [-0.2, -0.15) is 0 Å². The van der Waals surface area contributed by atoms with Crippen LogP contribution in [0.3, 0.4) is 0 Å². The van der Waals surface area contributed by atoms with Crippen LogP contribution in [0.4, 0.5) is 23.7 Å². The molecule has 8 heteroatoms. The minimum Gasteiger partial charge on any atom is -0.310 e. The third-order valence-electron chi connectivity index (χ3n) is 6.74. The van der Waals surface area contributed by atoms with Crippen LogP contribution in [0.25, 0.3) is 5.00 Å². The summed E-state index contributed by atoms with van der Waals surface area (Å²) in [6, 6.07) is 11.5. The number of fused-ring (bicyclic) bond motifs is 5. The molecular formula is C27H22F3N3OS. The number of rotatable bonds is 2. The zero-order chi connectivity index (χ0) is 24.1. The van der Waals surface area contributed by atoms with Crippen molar-refractivity contribution >= 4 is 23.1 Å². The second-order valence-electron chi connectivity index (χ2n) is 8.97. The molecule has 2 aromatic carbocycles. The molecule has 0 saturated heterocycles. The third-order valence-corrected chi connectivity index (χ3v) is 8.07. The molecule has 178 valence electrons. The topological polar surface area (TPSA) is 37.3 Å². The number of aryl methyl sites for hydroxylation is 1. The Kier molecular flexibility index (Phi) is 5.40. The monoisotopic (exact) mass is 493 g/mol. The van der Waals surface area contributed by atoms with E-state index in [1.165, 1.54) is 46.8 Å². The van der Waals surface area contributed by atoms with Crippen LogP contribution in [0.15, 0.2) is 60.8 Å². The van der Waals surface area contributed by atoms with E-state index < -0.39 is 29.5 Å². The first kappa shape index (κ1) is 22.0. The number of halogens is 3. The zero-order valence-corrected chi connectivity index (χ0v) is 19.5. The maximum Gasteiger partial charge on any atom is 0.322 e. The van der Waals surface area contributed by atoms with Gasteiger partial charge in [0.25, 0.3) is 0 Å². The minimum absolute atomic E-state index is 0.290. The maximum atomic E-state index is 14.3. The molecule has 0 bridgehead atoms. The molecule has 1 aliphatic carbocycles. The number of nitrogens with zero attached hydrogens (tertiary/aromatic N) is 2. The second kappa shape index (κ2) is 8.61. The molecule has 0 spiro atoms. The van der Waals surface area contributed by atoms with Crippen LogP contribution in [0.5, 0.6) is 0 Å². The van der Waals surface area contributed by atoms with Crippen LogP contribution < -0.4 is 5.32 Å². The highest BCUT2D eigenvalue weighted by Gasteiger charge is 2.36. The molecule has 1 N–H and O–H groups in total. The lowest BCUT2D eigenvalue weighted by Gasteiger charge is -2.31. The molecule has 0 fully saturated rings. The summed E-state index contributed by atoms with van der Waals surface area (Å²) >= 11 is 1.74. The number of hydrogen-bond donors (Lipinski definition) is 1. The van der Waals surface area contributed by atoms with Gasteiger partial charge in [-0.15, -0.1) is 11.3 Å². The van der Waals surface area contributed by atoms with Crippen LogP contribution in [-0.2, 0) is 19.4 Å². The number of thiophene rings is 1. The fraction of sp³-hybridized carbons (Fsp3) is 0.222. The van der Waals surface area contributed by atoms with Gasteiger partial charge >= 0.3 is 6.03 Å². The van der Waals surface area contributed by atoms with Crippen molar-refractivity contribution in [2.24, 2.45) is 0 Å². The van der Waals surface area contributed by atoms with Gasteiger partial charge in [0.2, 0.25) is 0 Å². The van der Waals surface area contributed by atoms with Gasteiger partial charge in [-0.1, -0.05) is 0 Å². The molecule has 1 aliphatic heterocycles. The van der Waals surface area contributed by atoms with Gasteiger partial charge in [-0.3, -0.25) is 0 Å². The first-order valence-electron chi connectivity index (χ1n) is 11.6. The van der Waals surface area contributed by atoms with Crippen LogP contribution >= 0.6 is 11.3 Å². The van der Waals surface area contributed by atoms with E-state index in [4.69, 9.17) is 0 Å². The molecule has 4 nitrogen and oxygen atoms in total. The van der Waals surface area contributed by atoms with Crippen LogP contribution in [0.2, 0.25) is 0 Å². The highest BCUT2D eigenvalue weighted by molar-refractivity contribution is 7.15. The molecule has 6 rings (SSSR count). The number of anilines is 1. The number of aromatic nitrogens is 1. The summed E-state index contributed by atoms with van der Waals surface area (Å²) in [5, 5.41) is 3.90. The van der Waals surface area contributed by atoms with Crippen LogP contribution in [-0.4, -0.2) is 15.5 Å². The molecule has 35 heavy (non-hydrogen) atoms. The number of carbonyl (C=O) groups is 1. The van der Waals surface area contributed by atoms with Gasteiger partial charge in [0, 0.05) is 28.4 Å². The molecule has 0 radical (unpaired) electrons. The van der Waals surface area contributed by atoms with E-state index in [2.05, 4.69) is 9.88 Å². The van der Waals surface area contributed by atoms with E-state index in [0.717, 1.165) is 48.0 Å². The van der Waals surface area contributed by atoms with Crippen molar-refractivity contribution in [3.05, 3.63) is 106 Å². The standard InChI is InChI=1S/C27H22F3N3OS/c28-17-7-9-20(10-8-17)31-27(34)33-15-22-21-4-1-2-6-24(21)35-26(22)32-11-3-5-23(32)25(33)16-12-18(29)14-19(30)13-16/h3,5,7-14,25H,1-2,4,6,15H2,(H,31,34)/t25-/m0/s1. The Morgan fingerprint density at radius 2 is 1.66 bits per heavy atom. The van der Waals surface area contributed by atoms with E-state index in [0.29, 0.717) is 17.8 Å². The smallest absolute Gasteiger partial charge is 0.310 e. The minimum atomic E-state index is -0.727. The molecule has 2 aromatic heterocycles. The van der Waals surface area contributed by atoms with E-state index in [9.17, 15) is 18.0 Å². The fourth-order valence-corrected chi connectivity index (χ4v) is 6.60. The lowest BCUT2D eigenvalue weighted by molar-refractivity contribution is 0.194. The van der Waals surface area contributed by atoms with Gasteiger partial charge in [0.05, 0.1) is 12.2 Å². The summed E-state index contributed by atoms with van der Waals surface area (Å²) in [7, 11) is 0. The van der Waals surface area contributed by atoms with Crippen molar-refractivity contribution in [1.29, 1.82) is 0 Å². The highest BCUT2D eigenvalue weighted by atomic mass is 32.1. The van der Waals surface area contributed by atoms with Crippen molar-refractivity contribution in [2.45, 2.75) is 38.3 Å². The van der Waals surface area contributed by atoms with E-state index in [-0.39, 0.29) is 0 Å². The molecule has 0 unspecified atom stereocenters. The quantitative estimate of drug-likeness (QED) is 0.322. The predicted molar refractivity (Wildman–Crippen MR) is 129 cm³/mol. The Morgan fingerprint density at radius 3 is 2.43 bits per heavy atom. The van der Waals surface area contributed by atoms with Gasteiger partial charge in [0.15, 0.2) is 0 Å².